The van der Waals surface area contributed by atoms with Gasteiger partial charge in [-0.1, -0.05) is 0 Å². The van der Waals surface area contributed by atoms with Crippen molar-refractivity contribution in [2.45, 2.75) is 45.4 Å². The topological polar surface area (TPSA) is 79.4 Å². The van der Waals surface area contributed by atoms with Gasteiger partial charge in [0.05, 0.1) is 12.3 Å². The number of halogens is 1. The maximum absolute atomic E-state index is 6.20. The molecule has 0 aliphatic heterocycles. The molecule has 0 amide bonds. The number of rotatable bonds is 6. The first-order valence-corrected chi connectivity index (χ1v) is 9.18. The Labute approximate surface area is 153 Å². The van der Waals surface area contributed by atoms with Crippen molar-refractivity contribution in [2.75, 3.05) is 6.61 Å². The molecule has 132 valence electrons. The van der Waals surface area contributed by atoms with Crippen molar-refractivity contribution in [3.8, 4) is 17.0 Å². The molecule has 3 aromatic heterocycles. The second-order valence-electron chi connectivity index (χ2n) is 6.01. The van der Waals surface area contributed by atoms with E-state index in [9.17, 15) is 0 Å². The summed E-state index contributed by atoms with van der Waals surface area (Å²) in [5.74, 6) is 0.647. The van der Waals surface area contributed by atoms with Gasteiger partial charge in [-0.25, -0.2) is 9.67 Å². The molecule has 1 aliphatic carbocycles. The zero-order chi connectivity index (χ0) is 17.4. The molecule has 0 saturated heterocycles. The lowest BCUT2D eigenvalue weighted by atomic mass is 9.96. The van der Waals surface area contributed by atoms with Crippen molar-refractivity contribution in [3.63, 3.8) is 0 Å². The minimum absolute atomic E-state index is 0.138. The second-order valence-corrected chi connectivity index (χ2v) is 6.72. The molecule has 0 bridgehead atoms. The molecule has 1 fully saturated rings. The average Bonchev–Trinajstić information content (AvgIpc) is 3.16. The zero-order valence-electron chi connectivity index (χ0n) is 14.1. The fourth-order valence-electron chi connectivity index (χ4n) is 2.76. The highest BCUT2D eigenvalue weighted by molar-refractivity contribution is 9.10. The fourth-order valence-corrected chi connectivity index (χ4v) is 3.09. The van der Waals surface area contributed by atoms with Gasteiger partial charge in [-0.15, -0.1) is 5.10 Å². The van der Waals surface area contributed by atoms with Crippen molar-refractivity contribution >= 4 is 21.6 Å². The van der Waals surface area contributed by atoms with Gasteiger partial charge in [-0.05, 0) is 49.0 Å². The maximum Gasteiger partial charge on any atom is 0.218 e. The van der Waals surface area contributed by atoms with Crippen LogP contribution in [0.15, 0.2) is 23.5 Å². The van der Waals surface area contributed by atoms with E-state index in [-0.39, 0.29) is 12.3 Å². The van der Waals surface area contributed by atoms with Crippen LogP contribution in [-0.2, 0) is 4.74 Å². The first-order valence-electron chi connectivity index (χ1n) is 8.39. The third-order valence-electron chi connectivity index (χ3n) is 4.31. The van der Waals surface area contributed by atoms with Crippen LogP contribution in [0.2, 0.25) is 0 Å². The highest BCUT2D eigenvalue weighted by Crippen LogP contribution is 2.35. The van der Waals surface area contributed by atoms with Gasteiger partial charge in [0.2, 0.25) is 10.4 Å². The fraction of sp³-hybridized carbons (Fsp3) is 0.500. The number of hydrogen-bond acceptors (Lipinski definition) is 6. The van der Waals surface area contributed by atoms with Gasteiger partial charge in [-0.3, -0.25) is 0 Å². The smallest absolute Gasteiger partial charge is 0.218 e. The predicted octanol–water partition coefficient (Wildman–Crippen LogP) is 3.24. The maximum atomic E-state index is 6.20. The molecule has 1 aliphatic rings. The number of nitrogens with zero attached hydrogens (tertiary/aromatic N) is 6. The largest absolute Gasteiger partial charge is 0.484 e. The lowest BCUT2D eigenvalue weighted by Gasteiger charge is -2.27. The molecular weight excluding hydrogens is 388 g/mol. The second kappa shape index (κ2) is 6.72. The Morgan fingerprint density at radius 3 is 2.96 bits per heavy atom. The average molecular weight is 407 g/mol. The van der Waals surface area contributed by atoms with Crippen LogP contribution in [0.1, 0.15) is 39.3 Å². The molecule has 1 unspecified atom stereocenters. The highest BCUT2D eigenvalue weighted by Gasteiger charge is 2.25. The van der Waals surface area contributed by atoms with Crippen LogP contribution in [0, 0.1) is 0 Å². The zero-order valence-corrected chi connectivity index (χ0v) is 15.7. The van der Waals surface area contributed by atoms with E-state index in [0.29, 0.717) is 28.4 Å². The third kappa shape index (κ3) is 3.13. The van der Waals surface area contributed by atoms with Crippen LogP contribution in [-0.4, -0.2) is 42.1 Å². The van der Waals surface area contributed by atoms with Crippen molar-refractivity contribution < 1.29 is 9.47 Å². The summed E-state index contributed by atoms with van der Waals surface area (Å²) in [6.07, 6.45) is 8.69. The summed E-state index contributed by atoms with van der Waals surface area (Å²) in [5.41, 5.74) is 2.23. The number of aromatic nitrogens is 6. The standard InChI is InChI=1S/C16H19BrN6O2/c1-3-24-10(2)22-8-11(7-19-22)13-14(25-12-5-4-6-12)15-20-16(17)21-23(15)9-18-13/h7-10,12H,3-6H2,1-2H3. The van der Waals surface area contributed by atoms with E-state index in [0.717, 1.165) is 18.4 Å². The third-order valence-corrected chi connectivity index (χ3v) is 4.65. The normalized spacial score (nSPS) is 16.1. The molecule has 1 saturated carbocycles. The summed E-state index contributed by atoms with van der Waals surface area (Å²) >= 11 is 3.32. The molecule has 3 heterocycles. The lowest BCUT2D eigenvalue weighted by Crippen LogP contribution is -2.25. The molecule has 4 rings (SSSR count). The summed E-state index contributed by atoms with van der Waals surface area (Å²) < 4.78 is 15.7. The number of fused-ring (bicyclic) bond motifs is 1. The minimum atomic E-state index is -0.138. The molecule has 8 nitrogen and oxygen atoms in total. The molecule has 3 aromatic rings. The molecule has 0 radical (unpaired) electrons. The van der Waals surface area contributed by atoms with E-state index in [2.05, 4.69) is 36.1 Å². The van der Waals surface area contributed by atoms with E-state index < -0.39 is 0 Å². The van der Waals surface area contributed by atoms with Gasteiger partial charge < -0.3 is 9.47 Å². The van der Waals surface area contributed by atoms with Crippen LogP contribution in [0.5, 0.6) is 5.75 Å². The Balaban J connectivity index is 1.76. The van der Waals surface area contributed by atoms with E-state index in [1.165, 1.54) is 6.42 Å². The van der Waals surface area contributed by atoms with Crippen molar-refractivity contribution in [1.29, 1.82) is 0 Å². The summed E-state index contributed by atoms with van der Waals surface area (Å²) in [6, 6.07) is 0. The van der Waals surface area contributed by atoms with Crippen molar-refractivity contribution in [1.82, 2.24) is 29.4 Å². The van der Waals surface area contributed by atoms with Crippen LogP contribution < -0.4 is 4.74 Å². The Morgan fingerprint density at radius 1 is 1.40 bits per heavy atom. The van der Waals surface area contributed by atoms with Gasteiger partial charge >= 0.3 is 0 Å². The highest BCUT2D eigenvalue weighted by atomic mass is 79.9. The van der Waals surface area contributed by atoms with E-state index >= 15 is 0 Å². The molecule has 9 heteroatoms. The molecular formula is C16H19BrN6O2. The van der Waals surface area contributed by atoms with Crippen molar-refractivity contribution in [3.05, 3.63) is 23.5 Å². The SMILES string of the molecule is CCOC(C)n1cc(-c2ncn3nc(Br)nc3c2OC2CCC2)cn1. The lowest BCUT2D eigenvalue weighted by molar-refractivity contribution is 0.0160. The quantitative estimate of drug-likeness (QED) is 0.624. The van der Waals surface area contributed by atoms with Gasteiger partial charge in [0.25, 0.3) is 0 Å². The molecule has 0 aromatic carbocycles. The molecule has 1 atom stereocenters. The summed E-state index contributed by atoms with van der Waals surface area (Å²) in [6.45, 7) is 4.55. The summed E-state index contributed by atoms with van der Waals surface area (Å²) in [5, 5.41) is 8.65. The molecule has 0 spiro atoms. The summed E-state index contributed by atoms with van der Waals surface area (Å²) in [7, 11) is 0. The van der Waals surface area contributed by atoms with Crippen molar-refractivity contribution in [2.24, 2.45) is 0 Å². The van der Waals surface area contributed by atoms with Crippen LogP contribution in [0.4, 0.5) is 0 Å². The Hall–Kier alpha value is -2.00. The van der Waals surface area contributed by atoms with Gasteiger partial charge in [0.1, 0.15) is 18.2 Å². The van der Waals surface area contributed by atoms with Gasteiger partial charge in [-0.2, -0.15) is 14.6 Å². The van der Waals surface area contributed by atoms with E-state index in [4.69, 9.17) is 9.47 Å². The predicted molar refractivity (Wildman–Crippen MR) is 94.3 cm³/mol. The van der Waals surface area contributed by atoms with E-state index in [1.54, 1.807) is 21.7 Å². The minimum Gasteiger partial charge on any atom is -0.484 e. The molecule has 25 heavy (non-hydrogen) atoms. The van der Waals surface area contributed by atoms with Crippen LogP contribution >= 0.6 is 15.9 Å². The molecule has 0 N–H and O–H groups in total. The number of hydrogen-bond donors (Lipinski definition) is 0. The van der Waals surface area contributed by atoms with Gasteiger partial charge in [0.15, 0.2) is 5.75 Å². The van der Waals surface area contributed by atoms with Crippen LogP contribution in [0.3, 0.4) is 0 Å². The Morgan fingerprint density at radius 2 is 2.24 bits per heavy atom. The van der Waals surface area contributed by atoms with Gasteiger partial charge in [0, 0.05) is 18.4 Å². The Kier molecular flexibility index (Phi) is 4.43. The first-order chi connectivity index (χ1) is 12.2. The number of ether oxygens (including phenoxy) is 2. The summed E-state index contributed by atoms with van der Waals surface area (Å²) in [4.78, 5) is 8.97. The van der Waals surface area contributed by atoms with E-state index in [1.807, 2.05) is 20.0 Å². The Bertz CT molecular complexity index is 888. The first kappa shape index (κ1) is 16.5. The van der Waals surface area contributed by atoms with Crippen LogP contribution in [0.25, 0.3) is 16.9 Å². The monoisotopic (exact) mass is 406 g/mol.